The van der Waals surface area contributed by atoms with Gasteiger partial charge in [-0.2, -0.15) is 4.31 Å². The van der Waals surface area contributed by atoms with Crippen LogP contribution in [0.25, 0.3) is 0 Å². The first-order valence-electron chi connectivity index (χ1n) is 6.83. The van der Waals surface area contributed by atoms with Crippen molar-refractivity contribution in [2.75, 3.05) is 39.3 Å². The molecule has 21 heavy (non-hydrogen) atoms. The van der Waals surface area contributed by atoms with Crippen LogP contribution in [0.15, 0.2) is 23.1 Å². The Kier molecular flexibility index (Phi) is 5.26. The van der Waals surface area contributed by atoms with Crippen molar-refractivity contribution in [2.24, 2.45) is 5.73 Å². The molecule has 0 aliphatic carbocycles. The predicted octanol–water partition coefficient (Wildman–Crippen LogP) is 0.620. The van der Waals surface area contributed by atoms with E-state index in [0.29, 0.717) is 32.6 Å². The Morgan fingerprint density at radius 1 is 1.10 bits per heavy atom. The van der Waals surface area contributed by atoms with Gasteiger partial charge in [-0.25, -0.2) is 17.2 Å². The maximum absolute atomic E-state index is 13.2. The summed E-state index contributed by atoms with van der Waals surface area (Å²) in [4.78, 5) is 1.88. The second-order valence-electron chi connectivity index (χ2n) is 4.96. The highest BCUT2D eigenvalue weighted by Crippen LogP contribution is 2.19. The molecule has 0 spiro atoms. The van der Waals surface area contributed by atoms with Crippen molar-refractivity contribution >= 4 is 10.0 Å². The molecule has 1 aromatic rings. The van der Waals surface area contributed by atoms with Crippen molar-refractivity contribution in [3.63, 3.8) is 0 Å². The lowest BCUT2D eigenvalue weighted by Crippen LogP contribution is -2.36. The smallest absolute Gasteiger partial charge is 0.243 e. The van der Waals surface area contributed by atoms with Gasteiger partial charge in [0.1, 0.15) is 0 Å². The molecule has 1 aliphatic rings. The van der Waals surface area contributed by atoms with E-state index in [4.69, 9.17) is 5.73 Å². The summed E-state index contributed by atoms with van der Waals surface area (Å²) in [7, 11) is -3.79. The van der Waals surface area contributed by atoms with Crippen molar-refractivity contribution in [1.29, 1.82) is 0 Å². The van der Waals surface area contributed by atoms with Crippen molar-refractivity contribution < 1.29 is 17.2 Å². The van der Waals surface area contributed by atoms with Gasteiger partial charge in [0.2, 0.25) is 10.0 Å². The minimum atomic E-state index is -3.79. The summed E-state index contributed by atoms with van der Waals surface area (Å²) in [6, 6.07) is 2.66. The van der Waals surface area contributed by atoms with Crippen molar-refractivity contribution in [3.05, 3.63) is 29.8 Å². The lowest BCUT2D eigenvalue weighted by molar-refractivity contribution is 0.294. The molecule has 0 amide bonds. The fourth-order valence-corrected chi connectivity index (χ4v) is 3.86. The fraction of sp³-hybridized carbons (Fsp3) is 0.538. The van der Waals surface area contributed by atoms with Crippen LogP contribution in [0.3, 0.4) is 0 Å². The number of nitrogens with zero attached hydrogens (tertiary/aromatic N) is 2. The number of nitrogens with two attached hydrogens (primary N) is 1. The third-order valence-electron chi connectivity index (χ3n) is 3.52. The molecular weight excluding hydrogens is 300 g/mol. The van der Waals surface area contributed by atoms with Crippen LogP contribution in [0.2, 0.25) is 0 Å². The molecule has 0 atom stereocenters. The van der Waals surface area contributed by atoms with Gasteiger partial charge in [-0.05, 0) is 31.2 Å². The van der Waals surface area contributed by atoms with Gasteiger partial charge >= 0.3 is 0 Å². The van der Waals surface area contributed by atoms with E-state index in [2.05, 4.69) is 4.90 Å². The monoisotopic (exact) mass is 319 g/mol. The number of hydrogen-bond acceptors (Lipinski definition) is 4. The molecule has 1 aromatic carbocycles. The Labute approximate surface area is 123 Å². The molecule has 1 heterocycles. The molecule has 0 radical (unpaired) electrons. The average molecular weight is 319 g/mol. The second kappa shape index (κ2) is 6.78. The molecule has 2 rings (SSSR count). The quantitative estimate of drug-likeness (QED) is 0.883. The molecule has 0 saturated carbocycles. The van der Waals surface area contributed by atoms with Gasteiger partial charge in [-0.1, -0.05) is 0 Å². The Balaban J connectivity index is 2.17. The first kappa shape index (κ1) is 16.3. The summed E-state index contributed by atoms with van der Waals surface area (Å²) in [6.45, 7) is 3.29. The van der Waals surface area contributed by atoms with E-state index >= 15 is 0 Å². The summed E-state index contributed by atoms with van der Waals surface area (Å²) in [5.41, 5.74) is 5.50. The van der Waals surface area contributed by atoms with Gasteiger partial charge in [-0.15, -0.1) is 0 Å². The Bertz CT molecular complexity index is 595. The minimum absolute atomic E-state index is 0.214. The zero-order valence-electron chi connectivity index (χ0n) is 11.6. The number of rotatable bonds is 4. The molecule has 118 valence electrons. The summed E-state index contributed by atoms with van der Waals surface area (Å²) in [5.74, 6) is -2.21. The first-order valence-corrected chi connectivity index (χ1v) is 8.27. The largest absolute Gasteiger partial charge is 0.329 e. The van der Waals surface area contributed by atoms with Gasteiger partial charge in [-0.3, -0.25) is 0 Å². The lowest BCUT2D eigenvalue weighted by atomic mass is 10.3. The number of hydrogen-bond donors (Lipinski definition) is 1. The molecule has 0 aromatic heterocycles. The van der Waals surface area contributed by atoms with E-state index in [1.165, 1.54) is 4.31 Å². The van der Waals surface area contributed by atoms with Crippen molar-refractivity contribution in [1.82, 2.24) is 9.21 Å². The molecular formula is C13H19F2N3O2S. The van der Waals surface area contributed by atoms with Crippen molar-refractivity contribution in [2.45, 2.75) is 11.3 Å². The van der Waals surface area contributed by atoms with E-state index in [9.17, 15) is 17.2 Å². The summed E-state index contributed by atoms with van der Waals surface area (Å²) >= 11 is 0. The van der Waals surface area contributed by atoms with Crippen LogP contribution < -0.4 is 5.73 Å². The van der Waals surface area contributed by atoms with Crippen LogP contribution in [-0.2, 0) is 10.0 Å². The van der Waals surface area contributed by atoms with E-state index in [1.54, 1.807) is 0 Å². The lowest BCUT2D eigenvalue weighted by Gasteiger charge is -2.21. The van der Waals surface area contributed by atoms with Crippen LogP contribution in [-0.4, -0.2) is 56.9 Å². The van der Waals surface area contributed by atoms with Gasteiger partial charge in [0.15, 0.2) is 11.6 Å². The fourth-order valence-electron chi connectivity index (χ4n) is 2.38. The Morgan fingerprint density at radius 3 is 2.52 bits per heavy atom. The van der Waals surface area contributed by atoms with Crippen LogP contribution in [0.5, 0.6) is 0 Å². The highest BCUT2D eigenvalue weighted by atomic mass is 32.2. The van der Waals surface area contributed by atoms with Gasteiger partial charge in [0.05, 0.1) is 4.90 Å². The minimum Gasteiger partial charge on any atom is -0.329 e. The Hall–Kier alpha value is -1.09. The molecule has 0 bridgehead atoms. The summed E-state index contributed by atoms with van der Waals surface area (Å²) < 4.78 is 52.4. The molecule has 1 saturated heterocycles. The zero-order chi connectivity index (χ0) is 15.5. The van der Waals surface area contributed by atoms with Crippen LogP contribution in [0, 0.1) is 11.6 Å². The third kappa shape index (κ3) is 3.76. The van der Waals surface area contributed by atoms with E-state index in [0.717, 1.165) is 31.3 Å². The highest BCUT2D eigenvalue weighted by Gasteiger charge is 2.27. The predicted molar refractivity (Wildman–Crippen MR) is 75.2 cm³/mol. The van der Waals surface area contributed by atoms with E-state index in [-0.39, 0.29) is 4.90 Å². The maximum atomic E-state index is 13.2. The zero-order valence-corrected chi connectivity index (χ0v) is 12.5. The maximum Gasteiger partial charge on any atom is 0.243 e. The van der Waals surface area contributed by atoms with Crippen LogP contribution >= 0.6 is 0 Å². The number of benzene rings is 1. The van der Waals surface area contributed by atoms with Gasteiger partial charge in [0.25, 0.3) is 0 Å². The molecule has 2 N–H and O–H groups in total. The number of halogens is 2. The van der Waals surface area contributed by atoms with E-state index in [1.807, 2.05) is 0 Å². The molecule has 1 fully saturated rings. The topological polar surface area (TPSA) is 66.6 Å². The SMILES string of the molecule is NCCN1CCCN(S(=O)(=O)c2ccc(F)c(F)c2)CC1. The first-order chi connectivity index (χ1) is 9.95. The van der Waals surface area contributed by atoms with Crippen molar-refractivity contribution in [3.8, 4) is 0 Å². The van der Waals surface area contributed by atoms with Gasteiger partial charge < -0.3 is 10.6 Å². The highest BCUT2D eigenvalue weighted by molar-refractivity contribution is 7.89. The molecule has 0 unspecified atom stereocenters. The summed E-state index contributed by atoms with van der Waals surface area (Å²) in [6.07, 6.45) is 0.683. The standard InChI is InChI=1S/C13H19F2N3O2S/c14-12-3-2-11(10-13(12)15)21(19,20)18-6-1-5-17(7-4-16)8-9-18/h2-3,10H,1,4-9,16H2. The second-order valence-corrected chi connectivity index (χ2v) is 6.90. The molecule has 1 aliphatic heterocycles. The Morgan fingerprint density at radius 2 is 1.86 bits per heavy atom. The normalized spacial score (nSPS) is 18.6. The average Bonchev–Trinajstić information content (AvgIpc) is 2.68. The van der Waals surface area contributed by atoms with E-state index < -0.39 is 21.7 Å². The molecule has 8 heteroatoms. The summed E-state index contributed by atoms with van der Waals surface area (Å²) in [5, 5.41) is 0. The van der Waals surface area contributed by atoms with Crippen LogP contribution in [0.1, 0.15) is 6.42 Å². The number of sulfonamides is 1. The third-order valence-corrected chi connectivity index (χ3v) is 5.42. The molecule has 5 nitrogen and oxygen atoms in total. The van der Waals surface area contributed by atoms with Crippen LogP contribution in [0.4, 0.5) is 8.78 Å². The van der Waals surface area contributed by atoms with Gasteiger partial charge in [0, 0.05) is 32.7 Å².